The van der Waals surface area contributed by atoms with Crippen LogP contribution in [0.3, 0.4) is 0 Å². The number of hydrogen-bond acceptors (Lipinski definition) is 2. The minimum atomic E-state index is -0.212. The average molecular weight is 338 g/mol. The Balaban J connectivity index is 1.76. The highest BCUT2D eigenvalue weighted by molar-refractivity contribution is 6.42. The lowest BCUT2D eigenvalue weighted by atomic mass is 9.96. The van der Waals surface area contributed by atoms with Crippen LogP contribution in [-0.4, -0.2) is 15.7 Å². The monoisotopic (exact) mass is 337 g/mol. The predicted octanol–water partition coefficient (Wildman–Crippen LogP) is 4.95. The molecular weight excluding hydrogens is 321 g/mol. The highest BCUT2D eigenvalue weighted by atomic mass is 35.5. The Morgan fingerprint density at radius 2 is 1.91 bits per heavy atom. The third-order valence-electron chi connectivity index (χ3n) is 4.01. The molecule has 0 spiro atoms. The summed E-state index contributed by atoms with van der Waals surface area (Å²) < 4.78 is 1.93. The van der Waals surface area contributed by atoms with E-state index in [9.17, 15) is 4.79 Å². The molecule has 2 aromatic rings. The molecule has 1 aliphatic rings. The summed E-state index contributed by atoms with van der Waals surface area (Å²) in [5, 5.41) is 8.09. The van der Waals surface area contributed by atoms with Crippen molar-refractivity contribution in [2.24, 2.45) is 0 Å². The van der Waals surface area contributed by atoms with Gasteiger partial charge in [-0.15, -0.1) is 0 Å². The first-order valence-electron chi connectivity index (χ1n) is 7.45. The number of amides is 1. The summed E-state index contributed by atoms with van der Waals surface area (Å²) in [5.74, 6) is 0.513. The minimum absolute atomic E-state index is 0.212. The van der Waals surface area contributed by atoms with Crippen LogP contribution in [0.4, 0.5) is 5.82 Å². The van der Waals surface area contributed by atoms with Gasteiger partial charge in [-0.1, -0.05) is 42.5 Å². The van der Waals surface area contributed by atoms with Crippen LogP contribution < -0.4 is 5.32 Å². The quantitative estimate of drug-likeness (QED) is 0.861. The number of aromatic nitrogens is 2. The van der Waals surface area contributed by atoms with Crippen molar-refractivity contribution in [3.63, 3.8) is 0 Å². The van der Waals surface area contributed by atoms with Crippen molar-refractivity contribution in [2.75, 3.05) is 5.32 Å². The number of carbonyl (C=O) groups excluding carboxylic acids is 1. The Labute approximate surface area is 139 Å². The normalized spacial score (nSPS) is 15.7. The van der Waals surface area contributed by atoms with Gasteiger partial charge < -0.3 is 5.32 Å². The van der Waals surface area contributed by atoms with Crippen LogP contribution in [0.15, 0.2) is 30.5 Å². The van der Waals surface area contributed by atoms with Crippen LogP contribution in [0, 0.1) is 0 Å². The van der Waals surface area contributed by atoms with Crippen molar-refractivity contribution in [2.45, 2.75) is 38.1 Å². The van der Waals surface area contributed by atoms with Gasteiger partial charge >= 0.3 is 0 Å². The molecule has 22 heavy (non-hydrogen) atoms. The van der Waals surface area contributed by atoms with Gasteiger partial charge in [0, 0.05) is 11.6 Å². The number of nitrogens with one attached hydrogen (secondary N) is 1. The molecule has 1 amide bonds. The Hall–Kier alpha value is -1.52. The van der Waals surface area contributed by atoms with Gasteiger partial charge in [-0.25, -0.2) is 4.68 Å². The van der Waals surface area contributed by atoms with Crippen molar-refractivity contribution in [1.29, 1.82) is 0 Å². The maximum absolute atomic E-state index is 12.4. The molecule has 1 heterocycles. The van der Waals surface area contributed by atoms with Crippen molar-refractivity contribution >= 4 is 34.9 Å². The molecule has 0 bridgehead atoms. The fourth-order valence-electron chi connectivity index (χ4n) is 2.86. The Kier molecular flexibility index (Phi) is 4.69. The van der Waals surface area contributed by atoms with Gasteiger partial charge in [0.25, 0.3) is 5.91 Å². The van der Waals surface area contributed by atoms with E-state index in [4.69, 9.17) is 23.2 Å². The number of halogens is 2. The zero-order valence-corrected chi connectivity index (χ0v) is 13.6. The number of nitrogens with zero attached hydrogens (tertiary/aromatic N) is 2. The number of carbonyl (C=O) groups is 1. The van der Waals surface area contributed by atoms with Crippen LogP contribution >= 0.6 is 23.2 Å². The lowest BCUT2D eigenvalue weighted by Gasteiger charge is -2.23. The molecule has 116 valence electrons. The Morgan fingerprint density at radius 3 is 2.64 bits per heavy atom. The molecule has 3 rings (SSSR count). The fraction of sp³-hybridized carbons (Fsp3) is 0.375. The molecule has 1 N–H and O–H groups in total. The highest BCUT2D eigenvalue weighted by Gasteiger charge is 2.19. The molecule has 0 aliphatic heterocycles. The van der Waals surface area contributed by atoms with Gasteiger partial charge in [0.15, 0.2) is 0 Å². The summed E-state index contributed by atoms with van der Waals surface area (Å²) >= 11 is 11.8. The van der Waals surface area contributed by atoms with E-state index in [1.54, 1.807) is 24.4 Å². The van der Waals surface area contributed by atoms with Gasteiger partial charge in [-0.3, -0.25) is 4.79 Å². The van der Waals surface area contributed by atoms with E-state index in [0.717, 1.165) is 18.7 Å². The standard InChI is InChI=1S/C16H17Cl2N3O/c17-13-7-6-11(10-14(13)18)16(22)20-15-8-9-19-21(15)12-4-2-1-3-5-12/h6-10,12H,1-5H2,(H,20,22). The topological polar surface area (TPSA) is 46.9 Å². The molecule has 0 atom stereocenters. The molecule has 4 nitrogen and oxygen atoms in total. The maximum Gasteiger partial charge on any atom is 0.256 e. The van der Waals surface area contributed by atoms with E-state index in [0.29, 0.717) is 21.7 Å². The van der Waals surface area contributed by atoms with Gasteiger partial charge in [-0.05, 0) is 31.0 Å². The summed E-state index contributed by atoms with van der Waals surface area (Å²) in [4.78, 5) is 12.4. The summed E-state index contributed by atoms with van der Waals surface area (Å²) in [6.45, 7) is 0. The summed E-state index contributed by atoms with van der Waals surface area (Å²) in [5.41, 5.74) is 0.478. The second kappa shape index (κ2) is 6.71. The van der Waals surface area contributed by atoms with Crippen molar-refractivity contribution < 1.29 is 4.79 Å². The van der Waals surface area contributed by atoms with E-state index in [1.807, 2.05) is 10.7 Å². The summed E-state index contributed by atoms with van der Waals surface area (Å²) in [6, 6.07) is 7.04. The molecular formula is C16H17Cl2N3O. The first-order valence-corrected chi connectivity index (χ1v) is 8.20. The average Bonchev–Trinajstić information content (AvgIpc) is 2.99. The second-order valence-corrected chi connectivity index (χ2v) is 6.35. The number of hydrogen-bond donors (Lipinski definition) is 1. The highest BCUT2D eigenvalue weighted by Crippen LogP contribution is 2.30. The van der Waals surface area contributed by atoms with Gasteiger partial charge in [-0.2, -0.15) is 5.10 Å². The van der Waals surface area contributed by atoms with E-state index < -0.39 is 0 Å². The molecule has 1 saturated carbocycles. The molecule has 1 fully saturated rings. The molecule has 6 heteroatoms. The lowest BCUT2D eigenvalue weighted by Crippen LogP contribution is -2.20. The van der Waals surface area contributed by atoms with Crippen LogP contribution in [-0.2, 0) is 0 Å². The van der Waals surface area contributed by atoms with Gasteiger partial charge in [0.2, 0.25) is 0 Å². The largest absolute Gasteiger partial charge is 0.307 e. The van der Waals surface area contributed by atoms with Crippen LogP contribution in [0.2, 0.25) is 10.0 Å². The van der Waals surface area contributed by atoms with E-state index >= 15 is 0 Å². The van der Waals surface area contributed by atoms with Gasteiger partial charge in [0.05, 0.1) is 22.3 Å². The second-order valence-electron chi connectivity index (χ2n) is 5.54. The maximum atomic E-state index is 12.4. The number of rotatable bonds is 3. The van der Waals surface area contributed by atoms with Crippen LogP contribution in [0.1, 0.15) is 48.5 Å². The third-order valence-corrected chi connectivity index (χ3v) is 4.75. The minimum Gasteiger partial charge on any atom is -0.307 e. The fourth-order valence-corrected chi connectivity index (χ4v) is 3.15. The SMILES string of the molecule is O=C(Nc1ccnn1C1CCCCC1)c1ccc(Cl)c(Cl)c1. The van der Waals surface area contributed by atoms with Crippen LogP contribution in [0.5, 0.6) is 0 Å². The number of anilines is 1. The third kappa shape index (κ3) is 3.28. The molecule has 1 aromatic carbocycles. The van der Waals surface area contributed by atoms with Crippen molar-refractivity contribution in [3.05, 3.63) is 46.1 Å². The Bertz CT molecular complexity index is 678. The lowest BCUT2D eigenvalue weighted by molar-refractivity contribution is 0.102. The molecule has 0 saturated heterocycles. The molecule has 1 aliphatic carbocycles. The first-order chi connectivity index (χ1) is 10.6. The smallest absolute Gasteiger partial charge is 0.256 e. The number of benzene rings is 1. The molecule has 1 aromatic heterocycles. The van der Waals surface area contributed by atoms with Gasteiger partial charge in [0.1, 0.15) is 5.82 Å². The summed E-state index contributed by atoms with van der Waals surface area (Å²) in [6.07, 6.45) is 7.64. The Morgan fingerprint density at radius 1 is 1.14 bits per heavy atom. The predicted molar refractivity (Wildman–Crippen MR) is 88.8 cm³/mol. The molecule has 0 unspecified atom stereocenters. The summed E-state index contributed by atoms with van der Waals surface area (Å²) in [7, 11) is 0. The van der Waals surface area contributed by atoms with E-state index in [2.05, 4.69) is 10.4 Å². The van der Waals surface area contributed by atoms with E-state index in [-0.39, 0.29) is 5.91 Å². The van der Waals surface area contributed by atoms with Crippen molar-refractivity contribution in [3.8, 4) is 0 Å². The molecule has 0 radical (unpaired) electrons. The van der Waals surface area contributed by atoms with Crippen molar-refractivity contribution in [1.82, 2.24) is 9.78 Å². The zero-order valence-electron chi connectivity index (χ0n) is 12.1. The first kappa shape index (κ1) is 15.4. The van der Waals surface area contributed by atoms with E-state index in [1.165, 1.54) is 19.3 Å². The van der Waals surface area contributed by atoms with Crippen LogP contribution in [0.25, 0.3) is 0 Å². The zero-order chi connectivity index (χ0) is 15.5.